The minimum atomic E-state index is -1.24. The lowest BCUT2D eigenvalue weighted by atomic mass is 9.97. The molecule has 3 aromatic rings. The second kappa shape index (κ2) is 13.1. The molecule has 1 aromatic heterocycles. The van der Waals surface area contributed by atoms with Crippen molar-refractivity contribution in [3.8, 4) is 16.2 Å². The number of nitrogens with one attached hydrogen (secondary N) is 2. The van der Waals surface area contributed by atoms with Gasteiger partial charge in [0.1, 0.15) is 5.02 Å². The molecular formula is C27H28ClN3O6S2. The van der Waals surface area contributed by atoms with E-state index in [0.29, 0.717) is 29.4 Å². The molecule has 206 valence electrons. The van der Waals surface area contributed by atoms with Crippen LogP contribution in [0.4, 0.5) is 16.2 Å². The van der Waals surface area contributed by atoms with Crippen molar-refractivity contribution in [2.24, 2.45) is 5.92 Å². The van der Waals surface area contributed by atoms with Crippen LogP contribution in [-0.4, -0.2) is 65.6 Å². The number of thioether (sulfide) groups is 1. The number of halogens is 1. The molecule has 2 aromatic carbocycles. The number of likely N-dealkylation sites (tertiary alicyclic amines) is 1. The number of carbonyl (C=O) groups excluding carboxylic acids is 1. The van der Waals surface area contributed by atoms with Crippen molar-refractivity contribution in [1.82, 2.24) is 4.90 Å². The van der Waals surface area contributed by atoms with Crippen LogP contribution in [0.15, 0.2) is 53.4 Å². The lowest BCUT2D eigenvalue weighted by Crippen LogP contribution is -2.42. The summed E-state index contributed by atoms with van der Waals surface area (Å²) in [6.45, 7) is 1.37. The van der Waals surface area contributed by atoms with Gasteiger partial charge in [0.25, 0.3) is 0 Å². The average Bonchev–Trinajstić information content (AvgIpc) is 3.27. The summed E-state index contributed by atoms with van der Waals surface area (Å²) in [5, 5.41) is 25.0. The van der Waals surface area contributed by atoms with E-state index in [1.165, 1.54) is 0 Å². The molecule has 0 unspecified atom stereocenters. The molecule has 1 saturated heterocycles. The third kappa shape index (κ3) is 7.17. The fraction of sp³-hybridized carbons (Fsp3) is 0.296. The van der Waals surface area contributed by atoms with Gasteiger partial charge in [0, 0.05) is 30.2 Å². The van der Waals surface area contributed by atoms with Gasteiger partial charge < -0.3 is 30.5 Å². The quantitative estimate of drug-likeness (QED) is 0.203. The number of carboxylic acid groups (broad SMARTS) is 2. The number of carboxylic acids is 2. The Morgan fingerprint density at radius 1 is 1.13 bits per heavy atom. The maximum Gasteiger partial charge on any atom is 0.349 e. The van der Waals surface area contributed by atoms with Crippen LogP contribution in [0.5, 0.6) is 5.75 Å². The van der Waals surface area contributed by atoms with Gasteiger partial charge in [-0.15, -0.1) is 23.1 Å². The molecule has 1 fully saturated rings. The van der Waals surface area contributed by atoms with Gasteiger partial charge in [-0.3, -0.25) is 0 Å². The number of urea groups is 1. The number of nitrogens with zero attached hydrogens (tertiary/aromatic N) is 1. The summed E-state index contributed by atoms with van der Waals surface area (Å²) in [6, 6.07) is 15.1. The molecular weight excluding hydrogens is 562 g/mol. The highest BCUT2D eigenvalue weighted by molar-refractivity contribution is 7.98. The van der Waals surface area contributed by atoms with Crippen LogP contribution in [0.1, 0.15) is 22.5 Å². The van der Waals surface area contributed by atoms with Gasteiger partial charge in [-0.1, -0.05) is 35.9 Å². The number of piperidine rings is 1. The molecule has 4 rings (SSSR count). The van der Waals surface area contributed by atoms with E-state index in [1.807, 2.05) is 59.7 Å². The number of amides is 2. The lowest BCUT2D eigenvalue weighted by Gasteiger charge is -2.32. The zero-order valence-corrected chi connectivity index (χ0v) is 23.5. The molecule has 0 atom stereocenters. The summed E-state index contributed by atoms with van der Waals surface area (Å²) in [6.07, 6.45) is 3.72. The Hall–Kier alpha value is -3.41. The first-order valence-corrected chi connectivity index (χ1v) is 14.6. The predicted octanol–water partition coefficient (Wildman–Crippen LogP) is 6.31. The number of carbonyl (C=O) groups is 3. The number of aromatic carboxylic acids is 1. The molecule has 4 N–H and O–H groups in total. The third-order valence-electron chi connectivity index (χ3n) is 6.31. The van der Waals surface area contributed by atoms with E-state index < -0.39 is 18.5 Å². The molecule has 0 aliphatic carbocycles. The van der Waals surface area contributed by atoms with Gasteiger partial charge in [-0.2, -0.15) is 0 Å². The van der Waals surface area contributed by atoms with E-state index in [4.69, 9.17) is 21.4 Å². The van der Waals surface area contributed by atoms with Gasteiger partial charge in [0.15, 0.2) is 17.2 Å². The van der Waals surface area contributed by atoms with Crippen LogP contribution < -0.4 is 15.4 Å². The summed E-state index contributed by atoms with van der Waals surface area (Å²) in [5.41, 5.74) is 2.36. The fourth-order valence-electron chi connectivity index (χ4n) is 4.30. The number of para-hydroxylation sites is 1. The van der Waals surface area contributed by atoms with Crippen molar-refractivity contribution in [3.05, 3.63) is 58.4 Å². The first kappa shape index (κ1) is 28.6. The fourth-order valence-corrected chi connectivity index (χ4v) is 6.26. The number of rotatable bonds is 10. The number of thiophene rings is 1. The Morgan fingerprint density at radius 3 is 2.56 bits per heavy atom. The van der Waals surface area contributed by atoms with Gasteiger partial charge in [-0.25, -0.2) is 14.4 Å². The molecule has 0 bridgehead atoms. The predicted molar refractivity (Wildman–Crippen MR) is 155 cm³/mol. The Morgan fingerprint density at radius 2 is 1.87 bits per heavy atom. The monoisotopic (exact) mass is 589 g/mol. The Kier molecular flexibility index (Phi) is 9.60. The van der Waals surface area contributed by atoms with E-state index in [9.17, 15) is 19.5 Å². The second-order valence-corrected chi connectivity index (χ2v) is 11.2. The largest absolute Gasteiger partial charge is 0.479 e. The number of hydrogen-bond donors (Lipinski definition) is 4. The molecule has 1 aliphatic rings. The summed E-state index contributed by atoms with van der Waals surface area (Å²) in [7, 11) is 0. The Bertz CT molecular complexity index is 1360. The first-order valence-electron chi connectivity index (χ1n) is 12.2. The van der Waals surface area contributed by atoms with Crippen LogP contribution in [0.3, 0.4) is 0 Å². The number of anilines is 2. The highest BCUT2D eigenvalue weighted by atomic mass is 35.5. The molecule has 12 heteroatoms. The summed E-state index contributed by atoms with van der Waals surface area (Å²) in [5.74, 6) is -2.22. The lowest BCUT2D eigenvalue weighted by molar-refractivity contribution is -0.139. The summed E-state index contributed by atoms with van der Waals surface area (Å²) >= 11 is 8.95. The smallest absolute Gasteiger partial charge is 0.349 e. The number of benzene rings is 2. The molecule has 1 aliphatic heterocycles. The second-order valence-electron chi connectivity index (χ2n) is 8.91. The van der Waals surface area contributed by atoms with Crippen molar-refractivity contribution in [3.63, 3.8) is 0 Å². The highest BCUT2D eigenvalue weighted by Crippen LogP contribution is 2.46. The molecule has 0 spiro atoms. The number of ether oxygens (including phenoxy) is 1. The van der Waals surface area contributed by atoms with Crippen molar-refractivity contribution < 1.29 is 29.3 Å². The number of hydrogen-bond acceptors (Lipinski definition) is 7. The maximum absolute atomic E-state index is 12.8. The van der Waals surface area contributed by atoms with E-state index in [2.05, 4.69) is 10.6 Å². The molecule has 0 saturated carbocycles. The van der Waals surface area contributed by atoms with Gasteiger partial charge in [0.2, 0.25) is 0 Å². The third-order valence-corrected chi connectivity index (χ3v) is 8.79. The SMILES string of the molecule is CSc1ccccc1NC(=O)N1CCC(CNc2cccc(-c3sc(C(=O)O)c(OCC(=O)O)c3Cl)c2)CC1. The Labute approximate surface area is 239 Å². The highest BCUT2D eigenvalue weighted by Gasteiger charge is 2.26. The minimum absolute atomic E-state index is 0.0709. The van der Waals surface area contributed by atoms with E-state index in [1.54, 1.807) is 11.8 Å². The Balaban J connectivity index is 1.34. The molecule has 2 heterocycles. The normalized spacial score (nSPS) is 13.6. The van der Waals surface area contributed by atoms with Gasteiger partial charge in [0.05, 0.1) is 10.6 Å². The van der Waals surface area contributed by atoms with E-state index >= 15 is 0 Å². The maximum atomic E-state index is 12.8. The van der Waals surface area contributed by atoms with Crippen LogP contribution >= 0.6 is 34.7 Å². The minimum Gasteiger partial charge on any atom is -0.479 e. The van der Waals surface area contributed by atoms with Crippen molar-refractivity contribution in [2.75, 3.05) is 43.1 Å². The van der Waals surface area contributed by atoms with E-state index in [-0.39, 0.29) is 21.7 Å². The number of aliphatic carboxylic acids is 1. The van der Waals surface area contributed by atoms with Gasteiger partial charge >= 0.3 is 18.0 Å². The topological polar surface area (TPSA) is 128 Å². The van der Waals surface area contributed by atoms with Crippen LogP contribution in [0.25, 0.3) is 10.4 Å². The standard InChI is InChI=1S/C27H28ClN3O6S2/c1-38-20-8-3-2-7-19(20)30-27(36)31-11-9-16(10-12-31)14-29-18-6-4-5-17(13-18)24-22(28)23(37-15-21(32)33)25(39-24)26(34)35/h2-8,13,16,29H,9-12,14-15H2,1H3,(H,30,36)(H,32,33)(H,34,35). The van der Waals surface area contributed by atoms with Crippen molar-refractivity contribution >= 4 is 64.0 Å². The molecule has 2 amide bonds. The summed E-state index contributed by atoms with van der Waals surface area (Å²) < 4.78 is 5.17. The van der Waals surface area contributed by atoms with Crippen LogP contribution in [0, 0.1) is 5.92 Å². The van der Waals surface area contributed by atoms with Gasteiger partial charge in [-0.05, 0) is 54.8 Å². The molecule has 39 heavy (non-hydrogen) atoms. The zero-order chi connectivity index (χ0) is 27.9. The molecule has 0 radical (unpaired) electrons. The van der Waals surface area contributed by atoms with Crippen LogP contribution in [0.2, 0.25) is 5.02 Å². The van der Waals surface area contributed by atoms with Crippen molar-refractivity contribution in [2.45, 2.75) is 17.7 Å². The summed E-state index contributed by atoms with van der Waals surface area (Å²) in [4.78, 5) is 38.5. The average molecular weight is 590 g/mol. The zero-order valence-electron chi connectivity index (χ0n) is 21.1. The van der Waals surface area contributed by atoms with Crippen LogP contribution in [-0.2, 0) is 4.79 Å². The first-order chi connectivity index (χ1) is 18.8. The van der Waals surface area contributed by atoms with E-state index in [0.717, 1.165) is 47.0 Å². The molecule has 9 nitrogen and oxygen atoms in total. The van der Waals surface area contributed by atoms with Crippen molar-refractivity contribution in [1.29, 1.82) is 0 Å².